The predicted molar refractivity (Wildman–Crippen MR) is 105 cm³/mol. The van der Waals surface area contributed by atoms with Crippen LogP contribution >= 0.6 is 11.8 Å². The standard InChI is InChI=1S/C18H20N6O2S/c1-3-14(24-11-7-10-19-24)16(25)20-13-9-6-5-8-12(13)15-17(26)21-18(23-22-15)27-4-2/h5-11,14H,3-4H2,1-2H3,(H,20,25)(H,21,23,26). The largest absolute Gasteiger partial charge is 0.324 e. The van der Waals surface area contributed by atoms with Crippen LogP contribution in [0.3, 0.4) is 0 Å². The summed E-state index contributed by atoms with van der Waals surface area (Å²) in [5.74, 6) is 0.568. The molecule has 3 aromatic rings. The molecule has 2 N–H and O–H groups in total. The number of nitrogens with zero attached hydrogens (tertiary/aromatic N) is 4. The summed E-state index contributed by atoms with van der Waals surface area (Å²) in [6.45, 7) is 3.88. The highest BCUT2D eigenvalue weighted by molar-refractivity contribution is 7.99. The maximum atomic E-state index is 12.8. The molecule has 1 atom stereocenters. The first-order valence-electron chi connectivity index (χ1n) is 8.63. The number of aromatic amines is 1. The lowest BCUT2D eigenvalue weighted by molar-refractivity contribution is -0.119. The first-order chi connectivity index (χ1) is 13.1. The van der Waals surface area contributed by atoms with Crippen LogP contribution < -0.4 is 10.9 Å². The molecule has 0 aliphatic rings. The molecular formula is C18H20N6O2S. The Kier molecular flexibility index (Phi) is 6.02. The van der Waals surface area contributed by atoms with Crippen molar-refractivity contribution in [3.05, 3.63) is 53.1 Å². The predicted octanol–water partition coefficient (Wildman–Crippen LogP) is 2.73. The third-order valence-electron chi connectivity index (χ3n) is 3.93. The Bertz CT molecular complexity index is 970. The second kappa shape index (κ2) is 8.63. The Morgan fingerprint density at radius 2 is 2.07 bits per heavy atom. The van der Waals surface area contributed by atoms with Crippen molar-refractivity contribution in [2.45, 2.75) is 31.5 Å². The smallest absolute Gasteiger partial charge is 0.278 e. The Labute approximate surface area is 160 Å². The lowest BCUT2D eigenvalue weighted by Crippen LogP contribution is -2.26. The number of carbonyl (C=O) groups is 1. The van der Waals surface area contributed by atoms with Crippen LogP contribution in [0.2, 0.25) is 0 Å². The molecule has 0 aliphatic carbocycles. The van der Waals surface area contributed by atoms with Crippen molar-refractivity contribution in [2.24, 2.45) is 0 Å². The van der Waals surface area contributed by atoms with E-state index in [4.69, 9.17) is 0 Å². The molecule has 1 unspecified atom stereocenters. The summed E-state index contributed by atoms with van der Waals surface area (Å²) in [7, 11) is 0. The quantitative estimate of drug-likeness (QED) is 0.607. The number of H-pyrrole nitrogens is 1. The van der Waals surface area contributed by atoms with Gasteiger partial charge in [0, 0.05) is 18.0 Å². The molecule has 140 valence electrons. The van der Waals surface area contributed by atoms with E-state index in [1.165, 1.54) is 11.8 Å². The van der Waals surface area contributed by atoms with Gasteiger partial charge < -0.3 is 5.32 Å². The number of benzene rings is 1. The fourth-order valence-electron chi connectivity index (χ4n) is 2.67. The molecule has 2 aromatic heterocycles. The summed E-state index contributed by atoms with van der Waals surface area (Å²) in [6.07, 6.45) is 3.97. The first kappa shape index (κ1) is 18.8. The molecule has 9 heteroatoms. The minimum absolute atomic E-state index is 0.165. The summed E-state index contributed by atoms with van der Waals surface area (Å²) < 4.78 is 1.61. The number of aromatic nitrogens is 5. The molecule has 3 rings (SSSR count). The zero-order chi connectivity index (χ0) is 19.2. The molecule has 0 fully saturated rings. The van der Waals surface area contributed by atoms with Gasteiger partial charge in [-0.25, -0.2) is 0 Å². The summed E-state index contributed by atoms with van der Waals surface area (Å²) >= 11 is 1.40. The normalized spacial score (nSPS) is 11.9. The van der Waals surface area contributed by atoms with Crippen LogP contribution in [0.25, 0.3) is 11.3 Å². The van der Waals surface area contributed by atoms with Crippen LogP contribution in [-0.4, -0.2) is 36.6 Å². The number of rotatable bonds is 7. The van der Waals surface area contributed by atoms with Gasteiger partial charge in [0.1, 0.15) is 6.04 Å². The van der Waals surface area contributed by atoms with Crippen molar-refractivity contribution < 1.29 is 4.79 Å². The molecule has 8 nitrogen and oxygen atoms in total. The van der Waals surface area contributed by atoms with Gasteiger partial charge in [-0.2, -0.15) is 5.10 Å². The Balaban J connectivity index is 1.91. The molecule has 27 heavy (non-hydrogen) atoms. The Hall–Kier alpha value is -2.94. The lowest BCUT2D eigenvalue weighted by atomic mass is 10.1. The number of amides is 1. The Morgan fingerprint density at radius 3 is 2.74 bits per heavy atom. The molecule has 0 radical (unpaired) electrons. The third kappa shape index (κ3) is 4.25. The number of carbonyl (C=O) groups excluding carboxylic acids is 1. The van der Waals surface area contributed by atoms with Gasteiger partial charge in [-0.05, 0) is 24.3 Å². The number of nitrogens with one attached hydrogen (secondary N) is 2. The van der Waals surface area contributed by atoms with Crippen LogP contribution in [0.4, 0.5) is 5.69 Å². The zero-order valence-corrected chi connectivity index (χ0v) is 15.9. The van der Waals surface area contributed by atoms with Gasteiger partial charge >= 0.3 is 0 Å². The summed E-state index contributed by atoms with van der Waals surface area (Å²) in [5, 5.41) is 15.6. The molecule has 1 amide bonds. The van der Waals surface area contributed by atoms with E-state index in [0.29, 0.717) is 22.8 Å². The van der Waals surface area contributed by atoms with Gasteiger partial charge in [-0.15, -0.1) is 10.2 Å². The molecule has 0 spiro atoms. The molecule has 0 bridgehead atoms. The minimum atomic E-state index is -0.444. The molecule has 0 saturated carbocycles. The lowest BCUT2D eigenvalue weighted by Gasteiger charge is -2.17. The number of para-hydroxylation sites is 1. The minimum Gasteiger partial charge on any atom is -0.324 e. The highest BCUT2D eigenvalue weighted by Crippen LogP contribution is 2.25. The van der Waals surface area contributed by atoms with Crippen LogP contribution in [0.15, 0.2) is 52.7 Å². The summed E-state index contributed by atoms with van der Waals surface area (Å²) in [6, 6.07) is 8.37. The van der Waals surface area contributed by atoms with E-state index in [-0.39, 0.29) is 17.2 Å². The van der Waals surface area contributed by atoms with Crippen LogP contribution in [-0.2, 0) is 4.79 Å². The zero-order valence-electron chi connectivity index (χ0n) is 15.0. The number of hydrogen-bond donors (Lipinski definition) is 2. The van der Waals surface area contributed by atoms with Gasteiger partial charge in [0.2, 0.25) is 5.91 Å². The van der Waals surface area contributed by atoms with Crippen molar-refractivity contribution in [1.82, 2.24) is 25.0 Å². The number of hydrogen-bond acceptors (Lipinski definition) is 6. The van der Waals surface area contributed by atoms with Gasteiger partial charge in [0.25, 0.3) is 5.56 Å². The van der Waals surface area contributed by atoms with Crippen molar-refractivity contribution in [3.63, 3.8) is 0 Å². The maximum absolute atomic E-state index is 12.8. The molecule has 1 aromatic carbocycles. The number of thioether (sulfide) groups is 1. The van der Waals surface area contributed by atoms with Gasteiger partial charge in [0.05, 0.1) is 5.69 Å². The second-order valence-electron chi connectivity index (χ2n) is 5.69. The van der Waals surface area contributed by atoms with Crippen LogP contribution in [0, 0.1) is 0 Å². The molecular weight excluding hydrogens is 364 g/mol. The van der Waals surface area contributed by atoms with Crippen molar-refractivity contribution in [2.75, 3.05) is 11.1 Å². The van der Waals surface area contributed by atoms with E-state index in [0.717, 1.165) is 5.75 Å². The van der Waals surface area contributed by atoms with E-state index in [1.54, 1.807) is 47.4 Å². The third-order valence-corrected chi connectivity index (χ3v) is 4.68. The van der Waals surface area contributed by atoms with Gasteiger partial charge in [-0.3, -0.25) is 19.3 Å². The van der Waals surface area contributed by atoms with E-state index >= 15 is 0 Å². The first-order valence-corrected chi connectivity index (χ1v) is 9.61. The number of anilines is 1. The molecule has 0 aliphatic heterocycles. The van der Waals surface area contributed by atoms with Crippen LogP contribution in [0.5, 0.6) is 0 Å². The highest BCUT2D eigenvalue weighted by Gasteiger charge is 2.21. The molecule has 2 heterocycles. The highest BCUT2D eigenvalue weighted by atomic mass is 32.2. The van der Waals surface area contributed by atoms with Crippen molar-refractivity contribution in [1.29, 1.82) is 0 Å². The summed E-state index contributed by atoms with van der Waals surface area (Å²) in [5.41, 5.74) is 0.840. The van der Waals surface area contributed by atoms with Gasteiger partial charge in [-0.1, -0.05) is 43.8 Å². The van der Waals surface area contributed by atoms with E-state index in [1.807, 2.05) is 13.8 Å². The van der Waals surface area contributed by atoms with Crippen molar-refractivity contribution >= 4 is 23.4 Å². The maximum Gasteiger partial charge on any atom is 0.278 e. The summed E-state index contributed by atoms with van der Waals surface area (Å²) in [4.78, 5) is 27.9. The van der Waals surface area contributed by atoms with E-state index in [9.17, 15) is 9.59 Å². The monoisotopic (exact) mass is 384 g/mol. The average Bonchev–Trinajstić information content (AvgIpc) is 3.18. The average molecular weight is 384 g/mol. The van der Waals surface area contributed by atoms with E-state index in [2.05, 4.69) is 25.6 Å². The van der Waals surface area contributed by atoms with Gasteiger partial charge in [0.15, 0.2) is 10.9 Å². The fraction of sp³-hybridized carbons (Fsp3) is 0.278. The molecule has 0 saturated heterocycles. The topological polar surface area (TPSA) is 106 Å². The second-order valence-corrected chi connectivity index (χ2v) is 6.94. The fourth-order valence-corrected chi connectivity index (χ4v) is 3.21. The SMILES string of the molecule is CCSc1nnc(-c2ccccc2NC(=O)C(CC)n2cccn2)c(=O)[nH]1. The Morgan fingerprint density at radius 1 is 1.26 bits per heavy atom. The van der Waals surface area contributed by atoms with Crippen molar-refractivity contribution in [3.8, 4) is 11.3 Å². The van der Waals surface area contributed by atoms with E-state index < -0.39 is 6.04 Å². The van der Waals surface area contributed by atoms with Crippen LogP contribution in [0.1, 0.15) is 26.3 Å².